The number of hydrogen-bond acceptors (Lipinski definition) is 7. The minimum atomic E-state index is -0.113. The Bertz CT molecular complexity index is 999. The van der Waals surface area contributed by atoms with Gasteiger partial charge in [-0.05, 0) is 25.1 Å². The van der Waals surface area contributed by atoms with Gasteiger partial charge >= 0.3 is 0 Å². The fourth-order valence-electron chi connectivity index (χ4n) is 2.78. The molecular formula is C21H24N4O4S. The van der Waals surface area contributed by atoms with Crippen LogP contribution in [0.15, 0.2) is 58.8 Å². The van der Waals surface area contributed by atoms with Crippen molar-refractivity contribution in [2.24, 2.45) is 0 Å². The van der Waals surface area contributed by atoms with Crippen molar-refractivity contribution in [3.8, 4) is 22.9 Å². The van der Waals surface area contributed by atoms with Crippen molar-refractivity contribution in [3.63, 3.8) is 0 Å². The van der Waals surface area contributed by atoms with Crippen molar-refractivity contribution in [2.45, 2.75) is 18.6 Å². The Hall–Kier alpha value is -3.20. The van der Waals surface area contributed by atoms with Crippen molar-refractivity contribution in [1.29, 1.82) is 0 Å². The van der Waals surface area contributed by atoms with E-state index in [1.165, 1.54) is 11.8 Å². The monoisotopic (exact) mass is 428 g/mol. The number of rotatable bonds is 11. The second kappa shape index (κ2) is 10.5. The largest absolute Gasteiger partial charge is 0.493 e. The summed E-state index contributed by atoms with van der Waals surface area (Å²) in [6.07, 6.45) is 3.38. The number of hydrogen-bond donors (Lipinski definition) is 1. The molecule has 0 fully saturated rings. The highest BCUT2D eigenvalue weighted by molar-refractivity contribution is 7.99. The highest BCUT2D eigenvalue weighted by Gasteiger charge is 2.17. The smallest absolute Gasteiger partial charge is 0.230 e. The van der Waals surface area contributed by atoms with Gasteiger partial charge in [0.25, 0.3) is 0 Å². The van der Waals surface area contributed by atoms with Gasteiger partial charge < -0.3 is 19.2 Å². The quantitative estimate of drug-likeness (QED) is 0.285. The third-order valence-electron chi connectivity index (χ3n) is 4.21. The molecule has 8 nitrogen and oxygen atoms in total. The minimum absolute atomic E-state index is 0.113. The van der Waals surface area contributed by atoms with Crippen LogP contribution in [0.2, 0.25) is 0 Å². The first-order chi connectivity index (χ1) is 14.6. The summed E-state index contributed by atoms with van der Waals surface area (Å²) >= 11 is 1.32. The molecule has 30 heavy (non-hydrogen) atoms. The molecular weight excluding hydrogens is 404 g/mol. The van der Waals surface area contributed by atoms with E-state index in [4.69, 9.17) is 13.9 Å². The lowest BCUT2D eigenvalue weighted by atomic mass is 10.2. The predicted octanol–water partition coefficient (Wildman–Crippen LogP) is 3.33. The topological polar surface area (TPSA) is 91.4 Å². The average Bonchev–Trinajstić information content (AvgIpc) is 3.35. The van der Waals surface area contributed by atoms with Crippen molar-refractivity contribution in [1.82, 2.24) is 20.1 Å². The molecule has 3 aromatic rings. The van der Waals surface area contributed by atoms with Gasteiger partial charge in [-0.3, -0.25) is 9.36 Å². The fraction of sp³-hybridized carbons (Fsp3) is 0.286. The van der Waals surface area contributed by atoms with Crippen LogP contribution in [0.5, 0.6) is 11.5 Å². The Kier molecular flexibility index (Phi) is 7.56. The Morgan fingerprint density at radius 2 is 2.10 bits per heavy atom. The van der Waals surface area contributed by atoms with Crippen LogP contribution in [0, 0.1) is 6.92 Å². The molecule has 3 rings (SSSR count). The van der Waals surface area contributed by atoms with Gasteiger partial charge in [0.15, 0.2) is 22.5 Å². The maximum Gasteiger partial charge on any atom is 0.230 e. The summed E-state index contributed by atoms with van der Waals surface area (Å²) in [5, 5.41) is 12.0. The molecule has 0 atom stereocenters. The molecule has 2 aromatic heterocycles. The molecule has 2 heterocycles. The molecule has 0 saturated carbocycles. The number of furan rings is 1. The highest BCUT2D eigenvalue weighted by Crippen LogP contribution is 2.27. The molecule has 0 unspecified atom stereocenters. The van der Waals surface area contributed by atoms with Gasteiger partial charge in [0.1, 0.15) is 12.4 Å². The molecule has 0 bridgehead atoms. The molecule has 0 aliphatic heterocycles. The Morgan fingerprint density at radius 3 is 2.80 bits per heavy atom. The summed E-state index contributed by atoms with van der Waals surface area (Å²) < 4.78 is 18.2. The van der Waals surface area contributed by atoms with Gasteiger partial charge in [-0.15, -0.1) is 16.8 Å². The molecule has 0 aliphatic carbocycles. The van der Waals surface area contributed by atoms with Gasteiger partial charge in [0, 0.05) is 6.54 Å². The van der Waals surface area contributed by atoms with Crippen LogP contribution in [0.4, 0.5) is 0 Å². The summed E-state index contributed by atoms with van der Waals surface area (Å²) in [5.74, 6) is 2.85. The second-order valence-electron chi connectivity index (χ2n) is 6.23. The number of methoxy groups -OCH3 is 1. The van der Waals surface area contributed by atoms with Gasteiger partial charge in [0.2, 0.25) is 5.91 Å². The van der Waals surface area contributed by atoms with Crippen molar-refractivity contribution in [2.75, 3.05) is 26.0 Å². The number of benzene rings is 1. The van der Waals surface area contributed by atoms with E-state index in [0.717, 1.165) is 11.3 Å². The van der Waals surface area contributed by atoms with Gasteiger partial charge in [-0.1, -0.05) is 30.0 Å². The average molecular weight is 429 g/mol. The van der Waals surface area contributed by atoms with Gasteiger partial charge in [-0.25, -0.2) is 0 Å². The van der Waals surface area contributed by atoms with Crippen LogP contribution in [-0.2, 0) is 11.3 Å². The Balaban J connectivity index is 1.50. The normalized spacial score (nSPS) is 10.6. The van der Waals surface area contributed by atoms with Crippen LogP contribution in [0.3, 0.4) is 0 Å². The maximum atomic E-state index is 12.2. The number of ether oxygens (including phenoxy) is 2. The first kappa shape index (κ1) is 21.5. The number of thioether (sulfide) groups is 1. The number of carbonyl (C=O) groups is 1. The number of allylic oxidation sites excluding steroid dienone is 1. The van der Waals surface area contributed by atoms with Gasteiger partial charge in [0.05, 0.1) is 31.2 Å². The number of aromatic nitrogens is 3. The molecule has 9 heteroatoms. The first-order valence-corrected chi connectivity index (χ1v) is 10.4. The molecule has 1 amide bonds. The summed E-state index contributed by atoms with van der Waals surface area (Å²) in [4.78, 5) is 12.2. The van der Waals surface area contributed by atoms with E-state index < -0.39 is 0 Å². The molecule has 1 aromatic carbocycles. The van der Waals surface area contributed by atoms with Crippen LogP contribution >= 0.6 is 11.8 Å². The Morgan fingerprint density at radius 1 is 1.30 bits per heavy atom. The number of nitrogens with zero attached hydrogens (tertiary/aromatic N) is 3. The zero-order valence-electron chi connectivity index (χ0n) is 17.0. The zero-order chi connectivity index (χ0) is 21.3. The summed E-state index contributed by atoms with van der Waals surface area (Å²) in [7, 11) is 1.59. The van der Waals surface area contributed by atoms with Crippen molar-refractivity contribution >= 4 is 17.7 Å². The number of amides is 1. The van der Waals surface area contributed by atoms with E-state index in [0.29, 0.717) is 42.2 Å². The molecule has 0 saturated heterocycles. The van der Waals surface area contributed by atoms with E-state index in [-0.39, 0.29) is 11.7 Å². The van der Waals surface area contributed by atoms with Crippen molar-refractivity contribution < 1.29 is 18.7 Å². The highest BCUT2D eigenvalue weighted by atomic mass is 32.2. The van der Waals surface area contributed by atoms with Crippen molar-refractivity contribution in [3.05, 3.63) is 55.0 Å². The predicted molar refractivity (Wildman–Crippen MR) is 115 cm³/mol. The molecule has 158 valence electrons. The number of carbonyl (C=O) groups excluding carboxylic acids is 1. The summed E-state index contributed by atoms with van der Waals surface area (Å²) in [5.41, 5.74) is 0.870. The van der Waals surface area contributed by atoms with Crippen LogP contribution in [0.1, 0.15) is 5.76 Å². The number of aryl methyl sites for hydroxylation is 1. The lowest BCUT2D eigenvalue weighted by molar-refractivity contribution is -0.118. The van der Waals surface area contributed by atoms with E-state index in [2.05, 4.69) is 22.1 Å². The number of para-hydroxylation sites is 2. The van der Waals surface area contributed by atoms with Gasteiger partial charge in [-0.2, -0.15) is 0 Å². The van der Waals surface area contributed by atoms with E-state index in [1.807, 2.05) is 41.8 Å². The zero-order valence-corrected chi connectivity index (χ0v) is 17.8. The minimum Gasteiger partial charge on any atom is -0.493 e. The summed E-state index contributed by atoms with van der Waals surface area (Å²) in [6.45, 7) is 6.92. The lowest BCUT2D eigenvalue weighted by Gasteiger charge is -2.11. The Labute approximate surface area is 179 Å². The van der Waals surface area contributed by atoms with Crippen LogP contribution in [0.25, 0.3) is 11.4 Å². The maximum absolute atomic E-state index is 12.2. The SMILES string of the molecule is C=CCn1c(SCC(=O)NCCOc2ccccc2OC)nnc1-c1ccoc1C. The standard InChI is InChI=1S/C21H24N4O4S/c1-4-11-25-20(16-9-12-28-15(16)2)23-24-21(25)30-14-19(26)22-10-13-29-18-8-6-5-7-17(18)27-3/h4-9,12H,1,10-11,13-14H2,2-3H3,(H,22,26). The first-order valence-electron chi connectivity index (χ1n) is 9.38. The molecule has 1 N–H and O–H groups in total. The third kappa shape index (κ3) is 5.24. The summed E-state index contributed by atoms with van der Waals surface area (Å²) in [6, 6.07) is 9.23. The van der Waals surface area contributed by atoms with E-state index >= 15 is 0 Å². The molecule has 0 radical (unpaired) electrons. The number of nitrogens with one attached hydrogen (secondary N) is 1. The van der Waals surface area contributed by atoms with E-state index in [9.17, 15) is 4.79 Å². The van der Waals surface area contributed by atoms with E-state index in [1.54, 1.807) is 19.4 Å². The lowest BCUT2D eigenvalue weighted by Crippen LogP contribution is -2.29. The second-order valence-corrected chi connectivity index (χ2v) is 7.18. The third-order valence-corrected chi connectivity index (χ3v) is 5.18. The molecule has 0 spiro atoms. The van der Waals surface area contributed by atoms with Crippen LogP contribution < -0.4 is 14.8 Å². The van der Waals surface area contributed by atoms with Crippen LogP contribution in [-0.4, -0.2) is 46.7 Å². The fourth-order valence-corrected chi connectivity index (χ4v) is 3.55. The molecule has 0 aliphatic rings.